The smallest absolute Gasteiger partial charge is 0.143 e. The van der Waals surface area contributed by atoms with Crippen LogP contribution in [0.15, 0.2) is 179 Å². The van der Waals surface area contributed by atoms with Gasteiger partial charge < -0.3 is 15.5 Å². The van der Waals surface area contributed by atoms with Crippen molar-refractivity contribution in [2.75, 3.05) is 5.32 Å². The van der Waals surface area contributed by atoms with E-state index in [-0.39, 0.29) is 0 Å². The monoisotopic (exact) mass is 673 g/mol. The van der Waals surface area contributed by atoms with Crippen LogP contribution in [0.4, 0.5) is 11.4 Å². The number of benzene rings is 7. The summed E-state index contributed by atoms with van der Waals surface area (Å²) < 4.78 is 6.38. The van der Waals surface area contributed by atoms with E-state index in [1.165, 1.54) is 0 Å². The second-order valence-corrected chi connectivity index (χ2v) is 12.6. The molecule has 1 aromatic heterocycles. The van der Waals surface area contributed by atoms with E-state index < -0.39 is 12.3 Å². The maximum absolute atomic E-state index is 9.51. The summed E-state index contributed by atoms with van der Waals surface area (Å²) in [6.45, 7) is 0. The summed E-state index contributed by atoms with van der Waals surface area (Å²) in [6, 6.07) is 59.1. The van der Waals surface area contributed by atoms with Gasteiger partial charge in [-0.2, -0.15) is 5.26 Å². The average Bonchev–Trinajstić information content (AvgIpc) is 3.60. The van der Waals surface area contributed by atoms with E-state index in [9.17, 15) is 5.26 Å². The number of hydrogen-bond acceptors (Lipinski definition) is 6. The number of nitrogens with two attached hydrogens (primary N) is 1. The minimum absolute atomic E-state index is 0.447. The Kier molecular flexibility index (Phi) is 9.10. The molecule has 0 aliphatic rings. The minimum atomic E-state index is -0.460. The van der Waals surface area contributed by atoms with E-state index in [0.29, 0.717) is 5.56 Å². The van der Waals surface area contributed by atoms with Crippen LogP contribution in [0.5, 0.6) is 0 Å². The van der Waals surface area contributed by atoms with Gasteiger partial charge in [0.2, 0.25) is 0 Å². The fourth-order valence-electron chi connectivity index (χ4n) is 6.55. The van der Waals surface area contributed by atoms with E-state index in [1.807, 2.05) is 103 Å². The Morgan fingerprint density at radius 3 is 2.15 bits per heavy atom. The molecule has 0 fully saturated rings. The fourth-order valence-corrected chi connectivity index (χ4v) is 6.55. The summed E-state index contributed by atoms with van der Waals surface area (Å²) in [5.41, 5.74) is 17.9. The summed E-state index contributed by atoms with van der Waals surface area (Å²) in [5, 5.41) is 18.8. The van der Waals surface area contributed by atoms with Gasteiger partial charge in [-0.25, -0.2) is 0 Å². The zero-order chi connectivity index (χ0) is 35.3. The lowest BCUT2D eigenvalue weighted by Gasteiger charge is -2.21. The Hall–Kier alpha value is -6.78. The lowest BCUT2D eigenvalue weighted by atomic mass is 9.96. The van der Waals surface area contributed by atoms with Gasteiger partial charge in [-0.15, -0.1) is 0 Å². The van der Waals surface area contributed by atoms with Crippen LogP contribution in [0, 0.1) is 11.3 Å². The number of rotatable bonds is 10. The molecule has 0 amide bonds. The second-order valence-electron chi connectivity index (χ2n) is 12.6. The molecule has 0 saturated carbocycles. The van der Waals surface area contributed by atoms with Gasteiger partial charge in [-0.05, 0) is 70.3 Å². The maximum Gasteiger partial charge on any atom is 0.143 e. The lowest BCUT2D eigenvalue weighted by molar-refractivity contribution is 0.467. The quantitative estimate of drug-likeness (QED) is 0.0991. The molecule has 0 radical (unpaired) electrons. The van der Waals surface area contributed by atoms with E-state index >= 15 is 0 Å². The summed E-state index contributed by atoms with van der Waals surface area (Å²) in [6.07, 6.45) is 0.928. The number of hydrogen-bond donors (Lipinski definition) is 3. The van der Waals surface area contributed by atoms with Crippen molar-refractivity contribution < 1.29 is 4.42 Å². The van der Waals surface area contributed by atoms with E-state index in [4.69, 9.17) is 15.1 Å². The first-order valence-electron chi connectivity index (χ1n) is 17.2. The summed E-state index contributed by atoms with van der Waals surface area (Å²) in [4.78, 5) is 4.89. The van der Waals surface area contributed by atoms with Crippen molar-refractivity contribution in [2.45, 2.75) is 12.3 Å². The van der Waals surface area contributed by atoms with Crippen LogP contribution < -0.4 is 16.4 Å². The SMILES string of the molecule is N#Cc1cccc(C(N=Cc2ccc(Nc3ccc(-c4cccc5c4oc4ccccc45)cc3-c3ccccc3)cc2)NC(N)c2ccccc2)c1. The number of nitrogens with zero attached hydrogens (tertiary/aromatic N) is 2. The first-order chi connectivity index (χ1) is 25.6. The first-order valence-corrected chi connectivity index (χ1v) is 17.2. The van der Waals surface area contributed by atoms with Crippen molar-refractivity contribution in [1.29, 1.82) is 5.26 Å². The van der Waals surface area contributed by atoms with Crippen LogP contribution in [0.1, 0.15) is 34.6 Å². The Labute approximate surface area is 302 Å². The highest BCUT2D eigenvalue weighted by atomic mass is 16.3. The van der Waals surface area contributed by atoms with Crippen LogP contribution in [0.25, 0.3) is 44.2 Å². The van der Waals surface area contributed by atoms with Crippen LogP contribution in [0.2, 0.25) is 0 Å². The Balaban J connectivity index is 1.07. The van der Waals surface area contributed by atoms with Crippen LogP contribution in [-0.2, 0) is 0 Å². The number of fused-ring (bicyclic) bond motifs is 3. The number of nitrogens with one attached hydrogen (secondary N) is 2. The third-order valence-corrected chi connectivity index (χ3v) is 9.21. The molecule has 2 atom stereocenters. The van der Waals surface area contributed by atoms with Crippen molar-refractivity contribution in [1.82, 2.24) is 5.32 Å². The number of furan rings is 1. The van der Waals surface area contributed by atoms with Gasteiger partial charge in [-0.3, -0.25) is 10.3 Å². The van der Waals surface area contributed by atoms with E-state index in [2.05, 4.69) is 83.4 Å². The molecular formula is C46H35N5O. The molecule has 0 spiro atoms. The predicted octanol–water partition coefficient (Wildman–Crippen LogP) is 10.9. The number of anilines is 2. The van der Waals surface area contributed by atoms with Crippen molar-refractivity contribution >= 4 is 39.5 Å². The molecule has 0 bridgehead atoms. The predicted molar refractivity (Wildman–Crippen MR) is 212 cm³/mol. The normalized spacial score (nSPS) is 12.5. The van der Waals surface area contributed by atoms with Gasteiger partial charge in [0, 0.05) is 39.5 Å². The molecule has 8 rings (SSSR count). The maximum atomic E-state index is 9.51. The molecule has 1 heterocycles. The summed E-state index contributed by atoms with van der Waals surface area (Å²) in [7, 11) is 0. The third-order valence-electron chi connectivity index (χ3n) is 9.21. The second kappa shape index (κ2) is 14.6. The molecule has 0 aliphatic heterocycles. The summed E-state index contributed by atoms with van der Waals surface area (Å²) in [5.74, 6) is 0. The lowest BCUT2D eigenvalue weighted by Crippen LogP contribution is -2.31. The van der Waals surface area contributed by atoms with Gasteiger partial charge in [-0.1, -0.05) is 127 Å². The Morgan fingerprint density at radius 2 is 1.35 bits per heavy atom. The standard InChI is InChI=1S/C46H35N5O/c47-29-32-11-9-16-36(27-32)46(51-45(48)34-14-5-2-6-15-34)49-30-31-21-24-37(25-22-31)50-42-26-23-35(28-41(42)33-12-3-1-4-13-33)38-18-10-19-40-39-17-7-8-20-43(39)52-44(38)40/h1-28,30,45-46,50-51H,48H2. The highest BCUT2D eigenvalue weighted by molar-refractivity contribution is 6.09. The van der Waals surface area contributed by atoms with Gasteiger partial charge in [0.1, 0.15) is 17.3 Å². The Bertz CT molecular complexity index is 2550. The largest absolute Gasteiger partial charge is 0.455 e. The molecule has 2 unspecified atom stereocenters. The van der Waals surface area contributed by atoms with Gasteiger partial charge in [0.25, 0.3) is 0 Å². The van der Waals surface area contributed by atoms with Crippen LogP contribution in [-0.4, -0.2) is 6.21 Å². The number of nitriles is 1. The van der Waals surface area contributed by atoms with Crippen molar-refractivity contribution in [3.8, 4) is 28.3 Å². The topological polar surface area (TPSA) is 99.4 Å². The molecule has 8 aromatic rings. The molecule has 4 N–H and O–H groups in total. The minimum Gasteiger partial charge on any atom is -0.455 e. The Morgan fingerprint density at radius 1 is 0.635 bits per heavy atom. The van der Waals surface area contributed by atoms with E-state index in [1.54, 1.807) is 6.07 Å². The van der Waals surface area contributed by atoms with E-state index in [0.717, 1.165) is 72.3 Å². The molecule has 6 heteroatoms. The van der Waals surface area contributed by atoms with Crippen molar-refractivity contribution in [2.24, 2.45) is 10.7 Å². The molecule has 6 nitrogen and oxygen atoms in total. The van der Waals surface area contributed by atoms with Gasteiger partial charge in [0.15, 0.2) is 0 Å². The number of para-hydroxylation sites is 2. The van der Waals surface area contributed by atoms with Crippen molar-refractivity contribution in [3.63, 3.8) is 0 Å². The molecule has 0 saturated heterocycles. The molecule has 52 heavy (non-hydrogen) atoms. The zero-order valence-electron chi connectivity index (χ0n) is 28.3. The van der Waals surface area contributed by atoms with Gasteiger partial charge in [0.05, 0.1) is 17.8 Å². The zero-order valence-corrected chi connectivity index (χ0v) is 28.3. The highest BCUT2D eigenvalue weighted by Crippen LogP contribution is 2.39. The van der Waals surface area contributed by atoms with Crippen LogP contribution in [0.3, 0.4) is 0 Å². The fraction of sp³-hybridized carbons (Fsp3) is 0.0435. The average molecular weight is 674 g/mol. The summed E-state index contributed by atoms with van der Waals surface area (Å²) >= 11 is 0. The molecular weight excluding hydrogens is 639 g/mol. The van der Waals surface area contributed by atoms with Crippen LogP contribution >= 0.6 is 0 Å². The van der Waals surface area contributed by atoms with Crippen molar-refractivity contribution in [3.05, 3.63) is 192 Å². The first kappa shape index (κ1) is 32.4. The molecule has 250 valence electrons. The highest BCUT2D eigenvalue weighted by Gasteiger charge is 2.16. The molecule has 0 aliphatic carbocycles. The number of aliphatic imine (C=N–C) groups is 1. The third kappa shape index (κ3) is 6.83. The van der Waals surface area contributed by atoms with Gasteiger partial charge >= 0.3 is 0 Å². The molecule has 7 aromatic carbocycles.